The monoisotopic (exact) mass is 312 g/mol. The lowest BCUT2D eigenvalue weighted by Crippen LogP contribution is -2.01. The van der Waals surface area contributed by atoms with Gasteiger partial charge in [-0.2, -0.15) is 0 Å². The molecule has 4 heteroatoms. The molecule has 2 aromatic rings. The SMILES string of the molecule is Ic1ccccc1OCc1ncccn1. The summed E-state index contributed by atoms with van der Waals surface area (Å²) in [5.41, 5.74) is 0. The number of hydrogen-bond acceptors (Lipinski definition) is 3. The highest BCUT2D eigenvalue weighted by Gasteiger charge is 2.00. The lowest BCUT2D eigenvalue weighted by molar-refractivity contribution is 0.293. The molecule has 0 radical (unpaired) electrons. The highest BCUT2D eigenvalue weighted by Crippen LogP contribution is 2.20. The van der Waals surface area contributed by atoms with Crippen LogP contribution in [0, 0.1) is 3.57 Å². The van der Waals surface area contributed by atoms with Crippen LogP contribution < -0.4 is 4.74 Å². The fraction of sp³-hybridized carbons (Fsp3) is 0.0909. The summed E-state index contributed by atoms with van der Waals surface area (Å²) in [4.78, 5) is 8.17. The number of aromatic nitrogens is 2. The van der Waals surface area contributed by atoms with E-state index in [0.29, 0.717) is 12.4 Å². The summed E-state index contributed by atoms with van der Waals surface area (Å²) in [6.07, 6.45) is 3.42. The predicted molar refractivity (Wildman–Crippen MR) is 65.5 cm³/mol. The average molecular weight is 312 g/mol. The van der Waals surface area contributed by atoms with Crippen LogP contribution >= 0.6 is 22.6 Å². The minimum absolute atomic E-state index is 0.404. The first-order chi connectivity index (χ1) is 7.36. The molecule has 0 N–H and O–H groups in total. The van der Waals surface area contributed by atoms with Crippen molar-refractivity contribution in [3.8, 4) is 5.75 Å². The summed E-state index contributed by atoms with van der Waals surface area (Å²) in [7, 11) is 0. The molecule has 1 aromatic carbocycles. The molecule has 0 spiro atoms. The number of para-hydroxylation sites is 1. The van der Waals surface area contributed by atoms with Crippen LogP contribution in [0.3, 0.4) is 0 Å². The van der Waals surface area contributed by atoms with Crippen molar-refractivity contribution in [2.75, 3.05) is 0 Å². The first-order valence-electron chi connectivity index (χ1n) is 4.49. The molecule has 2 rings (SSSR count). The average Bonchev–Trinajstić information content (AvgIpc) is 2.29. The zero-order valence-electron chi connectivity index (χ0n) is 7.93. The third-order valence-corrected chi connectivity index (χ3v) is 2.70. The Hall–Kier alpha value is -1.17. The van der Waals surface area contributed by atoms with Crippen LogP contribution in [-0.4, -0.2) is 9.97 Å². The molecule has 0 amide bonds. The summed E-state index contributed by atoms with van der Waals surface area (Å²) in [5, 5.41) is 0. The molecule has 0 bridgehead atoms. The minimum atomic E-state index is 0.404. The van der Waals surface area contributed by atoms with E-state index in [4.69, 9.17) is 4.74 Å². The van der Waals surface area contributed by atoms with E-state index in [1.54, 1.807) is 18.5 Å². The molecule has 0 saturated heterocycles. The van der Waals surface area contributed by atoms with Gasteiger partial charge in [0.1, 0.15) is 12.4 Å². The van der Waals surface area contributed by atoms with Gasteiger partial charge in [-0.25, -0.2) is 9.97 Å². The molecule has 1 aromatic heterocycles. The van der Waals surface area contributed by atoms with E-state index >= 15 is 0 Å². The van der Waals surface area contributed by atoms with Gasteiger partial charge in [0, 0.05) is 12.4 Å². The third kappa shape index (κ3) is 2.89. The zero-order chi connectivity index (χ0) is 10.5. The highest BCUT2D eigenvalue weighted by atomic mass is 127. The Morgan fingerprint density at radius 1 is 1.07 bits per heavy atom. The molecular formula is C11H9IN2O. The Kier molecular flexibility index (Phi) is 3.49. The molecule has 0 unspecified atom stereocenters. The van der Waals surface area contributed by atoms with Gasteiger partial charge in [-0.05, 0) is 40.8 Å². The van der Waals surface area contributed by atoms with Gasteiger partial charge in [-0.15, -0.1) is 0 Å². The third-order valence-electron chi connectivity index (χ3n) is 1.81. The number of halogens is 1. The normalized spacial score (nSPS) is 9.93. The van der Waals surface area contributed by atoms with Crippen molar-refractivity contribution in [1.29, 1.82) is 0 Å². The predicted octanol–water partition coefficient (Wildman–Crippen LogP) is 2.66. The number of hydrogen-bond donors (Lipinski definition) is 0. The Morgan fingerprint density at radius 3 is 2.53 bits per heavy atom. The number of benzene rings is 1. The quantitative estimate of drug-likeness (QED) is 0.817. The van der Waals surface area contributed by atoms with E-state index in [9.17, 15) is 0 Å². The summed E-state index contributed by atoms with van der Waals surface area (Å²) in [5.74, 6) is 1.56. The molecule has 15 heavy (non-hydrogen) atoms. The zero-order valence-corrected chi connectivity index (χ0v) is 10.1. The first-order valence-corrected chi connectivity index (χ1v) is 5.57. The summed E-state index contributed by atoms with van der Waals surface area (Å²) < 4.78 is 6.68. The summed E-state index contributed by atoms with van der Waals surface area (Å²) >= 11 is 2.24. The van der Waals surface area contributed by atoms with Gasteiger partial charge >= 0.3 is 0 Å². The van der Waals surface area contributed by atoms with Crippen LogP contribution in [0.2, 0.25) is 0 Å². The second-order valence-electron chi connectivity index (χ2n) is 2.88. The number of nitrogens with zero attached hydrogens (tertiary/aromatic N) is 2. The lowest BCUT2D eigenvalue weighted by Gasteiger charge is -2.06. The fourth-order valence-corrected chi connectivity index (χ4v) is 1.65. The Bertz CT molecular complexity index is 434. The van der Waals surface area contributed by atoms with Gasteiger partial charge in [0.25, 0.3) is 0 Å². The number of rotatable bonds is 3. The van der Waals surface area contributed by atoms with Gasteiger partial charge in [0.2, 0.25) is 0 Å². The van der Waals surface area contributed by atoms with E-state index in [1.165, 1.54) is 0 Å². The van der Waals surface area contributed by atoms with Crippen LogP contribution in [0.25, 0.3) is 0 Å². The van der Waals surface area contributed by atoms with Crippen molar-refractivity contribution in [2.45, 2.75) is 6.61 Å². The Labute approximate surface area is 102 Å². The summed E-state index contributed by atoms with van der Waals surface area (Å²) in [6, 6.07) is 9.65. The van der Waals surface area contributed by atoms with Gasteiger partial charge in [-0.3, -0.25) is 0 Å². The summed E-state index contributed by atoms with van der Waals surface area (Å²) in [6.45, 7) is 0.404. The fourth-order valence-electron chi connectivity index (χ4n) is 1.11. The van der Waals surface area contributed by atoms with E-state index in [-0.39, 0.29) is 0 Å². The number of ether oxygens (including phenoxy) is 1. The maximum atomic E-state index is 5.59. The molecule has 0 fully saturated rings. The second-order valence-corrected chi connectivity index (χ2v) is 4.05. The molecule has 0 aliphatic carbocycles. The topological polar surface area (TPSA) is 35.0 Å². The van der Waals surface area contributed by atoms with Crippen molar-refractivity contribution in [3.63, 3.8) is 0 Å². The van der Waals surface area contributed by atoms with Crippen LogP contribution in [0.5, 0.6) is 5.75 Å². The Balaban J connectivity index is 2.03. The van der Waals surface area contributed by atoms with Crippen LogP contribution in [-0.2, 0) is 6.61 Å². The van der Waals surface area contributed by atoms with Crippen LogP contribution in [0.15, 0.2) is 42.7 Å². The standard InChI is InChI=1S/C11H9IN2O/c12-9-4-1-2-5-10(9)15-8-11-13-6-3-7-14-11/h1-7H,8H2. The molecule has 0 atom stereocenters. The van der Waals surface area contributed by atoms with Crippen molar-refractivity contribution < 1.29 is 4.74 Å². The van der Waals surface area contributed by atoms with E-state index < -0.39 is 0 Å². The second kappa shape index (κ2) is 5.06. The molecule has 3 nitrogen and oxygen atoms in total. The van der Waals surface area contributed by atoms with Crippen LogP contribution in [0.4, 0.5) is 0 Å². The first kappa shape index (κ1) is 10.4. The largest absolute Gasteiger partial charge is 0.485 e. The van der Waals surface area contributed by atoms with Crippen molar-refractivity contribution in [2.24, 2.45) is 0 Å². The van der Waals surface area contributed by atoms with Crippen molar-refractivity contribution in [1.82, 2.24) is 9.97 Å². The van der Waals surface area contributed by atoms with Crippen LogP contribution in [0.1, 0.15) is 5.82 Å². The smallest absolute Gasteiger partial charge is 0.166 e. The molecule has 76 valence electrons. The van der Waals surface area contributed by atoms with Gasteiger partial charge in [0.15, 0.2) is 5.82 Å². The lowest BCUT2D eigenvalue weighted by atomic mass is 10.3. The molecule has 0 aliphatic rings. The molecule has 0 saturated carbocycles. The minimum Gasteiger partial charge on any atom is -0.485 e. The molecule has 1 heterocycles. The van der Waals surface area contributed by atoms with E-state index in [0.717, 1.165) is 9.32 Å². The van der Waals surface area contributed by atoms with Gasteiger partial charge in [0.05, 0.1) is 3.57 Å². The highest BCUT2D eigenvalue weighted by molar-refractivity contribution is 14.1. The molecular weight excluding hydrogens is 303 g/mol. The maximum absolute atomic E-state index is 5.59. The van der Waals surface area contributed by atoms with Crippen molar-refractivity contribution in [3.05, 3.63) is 52.1 Å². The van der Waals surface area contributed by atoms with E-state index in [2.05, 4.69) is 32.6 Å². The maximum Gasteiger partial charge on any atom is 0.166 e. The van der Waals surface area contributed by atoms with E-state index in [1.807, 2.05) is 24.3 Å². The van der Waals surface area contributed by atoms with Gasteiger partial charge in [-0.1, -0.05) is 12.1 Å². The van der Waals surface area contributed by atoms with Gasteiger partial charge < -0.3 is 4.74 Å². The van der Waals surface area contributed by atoms with Crippen molar-refractivity contribution >= 4 is 22.6 Å². The molecule has 0 aliphatic heterocycles. The Morgan fingerprint density at radius 2 is 1.80 bits per heavy atom.